The van der Waals surface area contributed by atoms with Crippen molar-refractivity contribution in [3.05, 3.63) is 0 Å². The van der Waals surface area contributed by atoms with Crippen molar-refractivity contribution >= 4 is 11.7 Å². The van der Waals surface area contributed by atoms with Gasteiger partial charge in [0.15, 0.2) is 5.78 Å². The van der Waals surface area contributed by atoms with E-state index in [1.165, 1.54) is 0 Å². The molecule has 1 saturated heterocycles. The zero-order valence-corrected chi connectivity index (χ0v) is 10.7. The first-order valence-electron chi connectivity index (χ1n) is 6.26. The second-order valence-electron chi connectivity index (χ2n) is 4.28. The molecule has 17 heavy (non-hydrogen) atoms. The molecule has 0 aliphatic carbocycles. The quantitative estimate of drug-likeness (QED) is 0.685. The minimum Gasteiger partial charge on any atom is -0.381 e. The van der Waals surface area contributed by atoms with Crippen LogP contribution in [-0.2, 0) is 14.3 Å². The Labute approximate surface area is 102 Å². The minimum absolute atomic E-state index is 0.0233. The van der Waals surface area contributed by atoms with E-state index in [0.717, 1.165) is 6.42 Å². The van der Waals surface area contributed by atoms with Crippen LogP contribution in [0.1, 0.15) is 20.3 Å². The van der Waals surface area contributed by atoms with E-state index < -0.39 is 0 Å². The van der Waals surface area contributed by atoms with Crippen molar-refractivity contribution in [1.82, 2.24) is 10.2 Å². The molecular formula is C12H22N2O3. The highest BCUT2D eigenvalue weighted by molar-refractivity contribution is 5.84. The number of ether oxygens (including phenoxy) is 1. The molecule has 0 aromatic heterocycles. The molecule has 1 N–H and O–H groups in total. The van der Waals surface area contributed by atoms with Crippen LogP contribution < -0.4 is 5.32 Å². The molecule has 1 fully saturated rings. The van der Waals surface area contributed by atoms with Crippen LogP contribution in [0.15, 0.2) is 0 Å². The first kappa shape index (κ1) is 14.1. The average Bonchev–Trinajstić information content (AvgIpc) is 2.81. The van der Waals surface area contributed by atoms with Crippen LogP contribution in [0.25, 0.3) is 0 Å². The summed E-state index contributed by atoms with van der Waals surface area (Å²) in [6.07, 6.45) is 0.817. The van der Waals surface area contributed by atoms with Crippen LogP contribution >= 0.6 is 0 Å². The topological polar surface area (TPSA) is 58.6 Å². The van der Waals surface area contributed by atoms with Gasteiger partial charge in [0.2, 0.25) is 5.91 Å². The van der Waals surface area contributed by atoms with Crippen molar-refractivity contribution in [2.45, 2.75) is 20.3 Å². The smallest absolute Gasteiger partial charge is 0.234 e. The fraction of sp³-hybridized carbons (Fsp3) is 0.833. The molecular weight excluding hydrogens is 220 g/mol. The van der Waals surface area contributed by atoms with Crippen LogP contribution in [0.3, 0.4) is 0 Å². The maximum absolute atomic E-state index is 11.9. The van der Waals surface area contributed by atoms with E-state index in [1.807, 2.05) is 18.7 Å². The van der Waals surface area contributed by atoms with E-state index in [-0.39, 0.29) is 17.6 Å². The first-order valence-corrected chi connectivity index (χ1v) is 6.26. The number of hydrogen-bond acceptors (Lipinski definition) is 4. The van der Waals surface area contributed by atoms with Gasteiger partial charge in [-0.3, -0.25) is 14.5 Å². The second kappa shape index (κ2) is 7.40. The summed E-state index contributed by atoms with van der Waals surface area (Å²) in [5.41, 5.74) is 0. The molecule has 0 saturated carbocycles. The van der Waals surface area contributed by atoms with Gasteiger partial charge in [0, 0.05) is 19.1 Å². The number of rotatable bonds is 7. The van der Waals surface area contributed by atoms with Crippen molar-refractivity contribution in [1.29, 1.82) is 0 Å². The van der Waals surface area contributed by atoms with Crippen LogP contribution in [-0.4, -0.2) is 56.0 Å². The van der Waals surface area contributed by atoms with Gasteiger partial charge < -0.3 is 10.1 Å². The maximum Gasteiger partial charge on any atom is 0.234 e. The zero-order valence-electron chi connectivity index (χ0n) is 10.7. The number of amides is 1. The maximum atomic E-state index is 11.9. The normalized spacial score (nSPS) is 19.6. The lowest BCUT2D eigenvalue weighted by atomic mass is 10.0. The van der Waals surface area contributed by atoms with E-state index in [1.54, 1.807) is 0 Å². The summed E-state index contributed by atoms with van der Waals surface area (Å²) in [5, 5.41) is 2.74. The monoisotopic (exact) mass is 242 g/mol. The molecule has 1 aliphatic heterocycles. The minimum atomic E-state index is -0.0233. The molecule has 0 spiro atoms. The largest absolute Gasteiger partial charge is 0.381 e. The molecule has 1 unspecified atom stereocenters. The highest BCUT2D eigenvalue weighted by Gasteiger charge is 2.25. The van der Waals surface area contributed by atoms with E-state index in [0.29, 0.717) is 39.4 Å². The number of hydrogen-bond donors (Lipinski definition) is 1. The number of nitrogens with one attached hydrogen (secondary N) is 1. The van der Waals surface area contributed by atoms with Crippen LogP contribution in [0.2, 0.25) is 0 Å². The van der Waals surface area contributed by atoms with Gasteiger partial charge in [-0.25, -0.2) is 0 Å². The molecule has 1 aliphatic rings. The predicted octanol–water partition coefficient (Wildman–Crippen LogP) is 0.0500. The molecule has 0 aromatic rings. The van der Waals surface area contributed by atoms with Gasteiger partial charge in [0.05, 0.1) is 19.7 Å². The zero-order chi connectivity index (χ0) is 12.7. The summed E-state index contributed by atoms with van der Waals surface area (Å²) >= 11 is 0. The van der Waals surface area contributed by atoms with Crippen molar-refractivity contribution in [3.63, 3.8) is 0 Å². The fourth-order valence-corrected chi connectivity index (χ4v) is 1.87. The summed E-state index contributed by atoms with van der Waals surface area (Å²) in [6.45, 7) is 7.03. The van der Waals surface area contributed by atoms with Gasteiger partial charge in [-0.05, 0) is 19.9 Å². The summed E-state index contributed by atoms with van der Waals surface area (Å²) in [5.74, 6) is 0.191. The molecule has 1 rings (SSSR count). The van der Waals surface area contributed by atoms with Gasteiger partial charge in [-0.15, -0.1) is 0 Å². The van der Waals surface area contributed by atoms with Crippen molar-refractivity contribution < 1.29 is 14.3 Å². The van der Waals surface area contributed by atoms with Gasteiger partial charge in [-0.2, -0.15) is 0 Å². The Bertz CT molecular complexity index is 262. The third kappa shape index (κ3) is 4.83. The lowest BCUT2D eigenvalue weighted by molar-refractivity contribution is -0.126. The Morgan fingerprint density at radius 1 is 1.35 bits per heavy atom. The van der Waals surface area contributed by atoms with Gasteiger partial charge in [0.1, 0.15) is 0 Å². The van der Waals surface area contributed by atoms with Crippen molar-refractivity contribution in [3.8, 4) is 0 Å². The molecule has 0 radical (unpaired) electrons. The predicted molar refractivity (Wildman–Crippen MR) is 64.7 cm³/mol. The summed E-state index contributed by atoms with van der Waals surface area (Å²) in [6, 6.07) is 0. The molecule has 1 heterocycles. The second-order valence-corrected chi connectivity index (χ2v) is 4.28. The highest BCUT2D eigenvalue weighted by atomic mass is 16.5. The summed E-state index contributed by atoms with van der Waals surface area (Å²) in [7, 11) is 0. The third-order valence-electron chi connectivity index (χ3n) is 2.95. The van der Waals surface area contributed by atoms with Crippen LogP contribution in [0.5, 0.6) is 0 Å². The molecule has 0 aromatic carbocycles. The van der Waals surface area contributed by atoms with Crippen molar-refractivity contribution in [2.24, 2.45) is 5.92 Å². The van der Waals surface area contributed by atoms with E-state index in [2.05, 4.69) is 5.32 Å². The Hall–Kier alpha value is -0.940. The van der Waals surface area contributed by atoms with Gasteiger partial charge >= 0.3 is 0 Å². The number of carbonyl (C=O) groups excluding carboxylic acids is 2. The number of likely N-dealkylation sites (N-methyl/N-ethyl adjacent to an activating group) is 2. The van der Waals surface area contributed by atoms with E-state index >= 15 is 0 Å². The SMILES string of the molecule is CCNC(=O)CN(CC)CC(=O)C1CCOC1. The number of nitrogens with zero attached hydrogens (tertiary/aromatic N) is 1. The first-order chi connectivity index (χ1) is 8.17. The summed E-state index contributed by atoms with van der Waals surface area (Å²) in [4.78, 5) is 25.2. The molecule has 0 bridgehead atoms. The van der Waals surface area contributed by atoms with Crippen LogP contribution in [0, 0.1) is 5.92 Å². The Kier molecular flexibility index (Phi) is 6.15. The van der Waals surface area contributed by atoms with Gasteiger partial charge in [-0.1, -0.05) is 6.92 Å². The standard InChI is InChI=1S/C12H22N2O3/c1-3-13-12(16)8-14(4-2)7-11(15)10-5-6-17-9-10/h10H,3-9H2,1-2H3,(H,13,16). The molecule has 1 amide bonds. The molecule has 5 heteroatoms. The Morgan fingerprint density at radius 3 is 2.65 bits per heavy atom. The lowest BCUT2D eigenvalue weighted by Gasteiger charge is -2.20. The average molecular weight is 242 g/mol. The fourth-order valence-electron chi connectivity index (χ4n) is 1.87. The van der Waals surface area contributed by atoms with Crippen LogP contribution in [0.4, 0.5) is 0 Å². The number of Topliss-reactive ketones (excluding diaryl/α,β-unsaturated/α-hetero) is 1. The number of carbonyl (C=O) groups is 2. The molecule has 1 atom stereocenters. The summed E-state index contributed by atoms with van der Waals surface area (Å²) < 4.78 is 5.19. The van der Waals surface area contributed by atoms with Gasteiger partial charge in [0.25, 0.3) is 0 Å². The van der Waals surface area contributed by atoms with E-state index in [4.69, 9.17) is 4.74 Å². The van der Waals surface area contributed by atoms with Crippen molar-refractivity contribution in [2.75, 3.05) is 39.4 Å². The Morgan fingerprint density at radius 2 is 2.12 bits per heavy atom. The lowest BCUT2D eigenvalue weighted by Crippen LogP contribution is -2.41. The highest BCUT2D eigenvalue weighted by Crippen LogP contribution is 2.13. The van der Waals surface area contributed by atoms with E-state index in [9.17, 15) is 9.59 Å². The third-order valence-corrected chi connectivity index (χ3v) is 2.95. The molecule has 5 nitrogen and oxygen atoms in total. The molecule has 98 valence electrons. The Balaban J connectivity index is 2.34. The number of ketones is 1.